The summed E-state index contributed by atoms with van der Waals surface area (Å²) in [6.45, 7) is 2.70. The van der Waals surface area contributed by atoms with Crippen LogP contribution in [0.1, 0.15) is 29.3 Å². The number of hydrogen-bond donors (Lipinski definition) is 3. The molecule has 0 bridgehead atoms. The quantitative estimate of drug-likeness (QED) is 0.614. The number of primary amides is 1. The van der Waals surface area contributed by atoms with Gasteiger partial charge in [0.05, 0.1) is 11.1 Å². The van der Waals surface area contributed by atoms with Gasteiger partial charge >= 0.3 is 0 Å². The van der Waals surface area contributed by atoms with Crippen LogP contribution in [0.25, 0.3) is 27.4 Å². The maximum Gasteiger partial charge on any atom is 0.250 e. The first-order valence-corrected chi connectivity index (χ1v) is 9.07. The van der Waals surface area contributed by atoms with Gasteiger partial charge in [0.1, 0.15) is 5.82 Å². The summed E-state index contributed by atoms with van der Waals surface area (Å²) in [7, 11) is 0. The van der Waals surface area contributed by atoms with Gasteiger partial charge in [-0.1, -0.05) is 30.2 Å². The van der Waals surface area contributed by atoms with Crippen LogP contribution in [0.5, 0.6) is 0 Å². The molecule has 142 valence electrons. The number of carbonyl (C=O) groups excluding carboxylic acids is 1. The number of amides is 1. The van der Waals surface area contributed by atoms with Crippen molar-refractivity contribution in [1.82, 2.24) is 9.88 Å². The van der Waals surface area contributed by atoms with E-state index in [9.17, 15) is 9.90 Å². The molecule has 0 saturated carbocycles. The summed E-state index contributed by atoms with van der Waals surface area (Å²) < 4.78 is 15.2. The van der Waals surface area contributed by atoms with E-state index in [1.807, 2.05) is 35.2 Å². The highest BCUT2D eigenvalue weighted by atomic mass is 19.1. The third kappa shape index (κ3) is 2.95. The van der Waals surface area contributed by atoms with E-state index >= 15 is 4.39 Å². The Hall–Kier alpha value is -3.14. The van der Waals surface area contributed by atoms with Gasteiger partial charge in [0.2, 0.25) is 0 Å². The Morgan fingerprint density at radius 2 is 2.18 bits per heavy atom. The topological polar surface area (TPSA) is 82.3 Å². The Morgan fingerprint density at radius 1 is 1.39 bits per heavy atom. The number of halogens is 1. The predicted octanol–water partition coefficient (Wildman–Crippen LogP) is 2.99. The number of carbonyl (C=O) groups is 1. The van der Waals surface area contributed by atoms with E-state index in [1.165, 1.54) is 6.07 Å². The molecular formula is C22H20FN3O2. The lowest BCUT2D eigenvalue weighted by atomic mass is 9.92. The van der Waals surface area contributed by atoms with E-state index in [2.05, 4.69) is 16.8 Å². The first kappa shape index (κ1) is 18.2. The number of hydrogen-bond acceptors (Lipinski definition) is 3. The van der Waals surface area contributed by atoms with Crippen LogP contribution in [0, 0.1) is 17.7 Å². The van der Waals surface area contributed by atoms with Crippen LogP contribution in [0.3, 0.4) is 0 Å². The summed E-state index contributed by atoms with van der Waals surface area (Å²) in [4.78, 5) is 16.9. The van der Waals surface area contributed by atoms with Crippen LogP contribution in [0.2, 0.25) is 0 Å². The molecule has 1 amide bonds. The van der Waals surface area contributed by atoms with Crippen LogP contribution >= 0.6 is 0 Å². The van der Waals surface area contributed by atoms with Crippen molar-refractivity contribution in [2.45, 2.75) is 19.6 Å². The molecule has 2 aromatic carbocycles. The molecule has 3 aromatic rings. The minimum atomic E-state index is -0.835. The van der Waals surface area contributed by atoms with Crippen LogP contribution in [0.4, 0.5) is 4.39 Å². The maximum atomic E-state index is 15.2. The number of nitrogens with two attached hydrogens (primary N) is 1. The van der Waals surface area contributed by atoms with Crippen molar-refractivity contribution in [1.29, 1.82) is 0 Å². The van der Waals surface area contributed by atoms with E-state index in [-0.39, 0.29) is 5.56 Å². The second-order valence-corrected chi connectivity index (χ2v) is 6.81. The fourth-order valence-corrected chi connectivity index (χ4v) is 3.86. The molecule has 6 heteroatoms. The number of aliphatic hydroxyl groups is 1. The number of aliphatic hydroxyl groups excluding tert-OH is 1. The SMILES string of the molecule is CC#CC(O)N1CC=C(c2c(F)cc(C(N)=O)c3[nH]c4ccccc4c23)CC1. The molecule has 0 spiro atoms. The smallest absolute Gasteiger partial charge is 0.250 e. The van der Waals surface area contributed by atoms with Gasteiger partial charge in [-0.3, -0.25) is 9.69 Å². The van der Waals surface area contributed by atoms with Crippen LogP contribution < -0.4 is 5.73 Å². The van der Waals surface area contributed by atoms with Gasteiger partial charge in [-0.15, -0.1) is 5.92 Å². The van der Waals surface area contributed by atoms with Crippen molar-refractivity contribution < 1.29 is 14.3 Å². The average Bonchev–Trinajstić information content (AvgIpc) is 3.07. The lowest BCUT2D eigenvalue weighted by molar-refractivity contribution is 0.0581. The zero-order valence-electron chi connectivity index (χ0n) is 15.4. The minimum absolute atomic E-state index is 0.138. The molecule has 1 aliphatic heterocycles. The Kier molecular flexibility index (Phi) is 4.63. The lowest BCUT2D eigenvalue weighted by Crippen LogP contribution is -2.37. The third-order valence-electron chi connectivity index (χ3n) is 5.18. The molecule has 28 heavy (non-hydrogen) atoms. The molecule has 0 fully saturated rings. The van der Waals surface area contributed by atoms with Crippen molar-refractivity contribution in [3.63, 3.8) is 0 Å². The average molecular weight is 377 g/mol. The van der Waals surface area contributed by atoms with Crippen molar-refractivity contribution >= 4 is 33.3 Å². The zero-order valence-corrected chi connectivity index (χ0v) is 15.4. The molecule has 1 aromatic heterocycles. The largest absolute Gasteiger partial charge is 0.367 e. The van der Waals surface area contributed by atoms with Crippen molar-refractivity contribution in [3.8, 4) is 11.8 Å². The summed E-state index contributed by atoms with van der Waals surface area (Å²) in [5, 5.41) is 11.6. The first-order chi connectivity index (χ1) is 13.5. The van der Waals surface area contributed by atoms with E-state index < -0.39 is 18.0 Å². The van der Waals surface area contributed by atoms with Gasteiger partial charge in [0.25, 0.3) is 5.91 Å². The Labute approximate surface area is 161 Å². The predicted molar refractivity (Wildman–Crippen MR) is 108 cm³/mol. The number of aromatic amines is 1. The third-order valence-corrected chi connectivity index (χ3v) is 5.18. The molecule has 1 aliphatic rings. The number of benzene rings is 2. The van der Waals surface area contributed by atoms with Gasteiger partial charge in [0.15, 0.2) is 6.23 Å². The Bertz CT molecular complexity index is 1180. The fraction of sp³-hybridized carbons (Fsp3) is 0.227. The monoisotopic (exact) mass is 377 g/mol. The molecule has 4 rings (SSSR count). The van der Waals surface area contributed by atoms with Gasteiger partial charge in [-0.2, -0.15) is 0 Å². The fourth-order valence-electron chi connectivity index (χ4n) is 3.86. The van der Waals surface area contributed by atoms with Gasteiger partial charge in [-0.05, 0) is 31.1 Å². The highest BCUT2D eigenvalue weighted by Gasteiger charge is 2.24. The molecule has 1 atom stereocenters. The summed E-state index contributed by atoms with van der Waals surface area (Å²) in [6.07, 6.45) is 1.63. The summed E-state index contributed by atoms with van der Waals surface area (Å²) in [5.74, 6) is 4.28. The summed E-state index contributed by atoms with van der Waals surface area (Å²) in [5.41, 5.74) is 8.32. The van der Waals surface area contributed by atoms with Crippen LogP contribution in [-0.4, -0.2) is 40.2 Å². The van der Waals surface area contributed by atoms with Crippen molar-refractivity contribution in [2.24, 2.45) is 5.73 Å². The van der Waals surface area contributed by atoms with Crippen LogP contribution in [0.15, 0.2) is 36.4 Å². The Balaban J connectivity index is 1.90. The number of aromatic nitrogens is 1. The number of fused-ring (bicyclic) bond motifs is 3. The molecule has 0 saturated heterocycles. The Morgan fingerprint density at radius 3 is 2.86 bits per heavy atom. The highest BCUT2D eigenvalue weighted by molar-refractivity contribution is 6.18. The van der Waals surface area contributed by atoms with Crippen LogP contribution in [-0.2, 0) is 0 Å². The first-order valence-electron chi connectivity index (χ1n) is 9.07. The van der Waals surface area contributed by atoms with E-state index in [4.69, 9.17) is 5.73 Å². The highest BCUT2D eigenvalue weighted by Crippen LogP contribution is 2.38. The second kappa shape index (κ2) is 7.12. The van der Waals surface area contributed by atoms with E-state index in [0.717, 1.165) is 16.5 Å². The standard InChI is InChI=1S/C22H20FN3O2/c1-2-5-18(27)26-10-8-13(9-11-26)19-16(23)12-15(22(24)28)21-20(19)14-6-3-4-7-17(14)25-21/h3-4,6-8,12,18,25,27H,9-11H2,1H3,(H2,24,28). The summed E-state index contributed by atoms with van der Waals surface area (Å²) >= 11 is 0. The van der Waals surface area contributed by atoms with Crippen molar-refractivity contribution in [2.75, 3.05) is 13.1 Å². The van der Waals surface area contributed by atoms with Gasteiger partial charge in [-0.25, -0.2) is 4.39 Å². The molecular weight excluding hydrogens is 357 g/mol. The molecule has 5 nitrogen and oxygen atoms in total. The number of nitrogens with one attached hydrogen (secondary N) is 1. The molecule has 0 radical (unpaired) electrons. The maximum absolute atomic E-state index is 15.2. The number of para-hydroxylation sites is 1. The lowest BCUT2D eigenvalue weighted by Gasteiger charge is -2.28. The second-order valence-electron chi connectivity index (χ2n) is 6.81. The molecule has 0 aliphatic carbocycles. The molecule has 4 N–H and O–H groups in total. The zero-order chi connectivity index (χ0) is 19.8. The number of rotatable bonds is 3. The van der Waals surface area contributed by atoms with Gasteiger partial charge in [0, 0.05) is 34.9 Å². The number of nitrogens with zero attached hydrogens (tertiary/aromatic N) is 1. The normalized spacial score (nSPS) is 15.9. The van der Waals surface area contributed by atoms with E-state index in [0.29, 0.717) is 36.0 Å². The van der Waals surface area contributed by atoms with E-state index in [1.54, 1.807) is 6.92 Å². The summed E-state index contributed by atoms with van der Waals surface area (Å²) in [6, 6.07) is 8.76. The van der Waals surface area contributed by atoms with Crippen molar-refractivity contribution in [3.05, 3.63) is 53.4 Å². The molecule has 2 heterocycles. The van der Waals surface area contributed by atoms with Gasteiger partial charge < -0.3 is 15.8 Å². The molecule has 1 unspecified atom stereocenters. The number of H-pyrrole nitrogens is 1. The minimum Gasteiger partial charge on any atom is -0.367 e.